The maximum absolute atomic E-state index is 11.2. The van der Waals surface area contributed by atoms with Crippen LogP contribution in [0.5, 0.6) is 5.75 Å². The summed E-state index contributed by atoms with van der Waals surface area (Å²) in [6, 6.07) is 3.95. The summed E-state index contributed by atoms with van der Waals surface area (Å²) in [5.41, 5.74) is 1.76. The van der Waals surface area contributed by atoms with E-state index in [2.05, 4.69) is 43.6 Å². The van der Waals surface area contributed by atoms with Gasteiger partial charge in [-0.05, 0) is 45.5 Å². The van der Waals surface area contributed by atoms with E-state index in [-0.39, 0.29) is 5.41 Å². The van der Waals surface area contributed by atoms with Crippen LogP contribution in [0.4, 0.5) is 0 Å². The van der Waals surface area contributed by atoms with Gasteiger partial charge in [-0.25, -0.2) is 0 Å². The Kier molecular flexibility index (Phi) is 5.39. The lowest BCUT2D eigenvalue weighted by molar-refractivity contribution is 0.111. The monoisotopic (exact) mass is 312 g/mol. The zero-order valence-corrected chi connectivity index (χ0v) is 13.1. The van der Waals surface area contributed by atoms with Crippen LogP contribution < -0.4 is 4.74 Å². The minimum absolute atomic E-state index is 0.0161. The van der Waals surface area contributed by atoms with Crippen molar-refractivity contribution >= 4 is 22.2 Å². The van der Waals surface area contributed by atoms with E-state index in [1.165, 1.54) is 0 Å². The number of carbonyl (C=O) groups is 1. The van der Waals surface area contributed by atoms with Gasteiger partial charge in [0.15, 0.2) is 6.29 Å². The molecule has 0 N–H and O–H groups in total. The standard InChI is InChI=1S/C15H21BrO2/c1-5-6-7-18-14-11(10-17)8-12(9-13(14)16)15(2,3)4/h8-10H,5-7H2,1-4H3. The van der Waals surface area contributed by atoms with E-state index in [0.717, 1.165) is 29.2 Å². The van der Waals surface area contributed by atoms with Gasteiger partial charge in [0.25, 0.3) is 0 Å². The number of ether oxygens (including phenoxy) is 1. The van der Waals surface area contributed by atoms with Crippen LogP contribution in [-0.4, -0.2) is 12.9 Å². The van der Waals surface area contributed by atoms with E-state index < -0.39 is 0 Å². The first kappa shape index (κ1) is 15.2. The Hall–Kier alpha value is -0.830. The second-order valence-corrected chi connectivity index (χ2v) is 6.30. The van der Waals surface area contributed by atoms with Crippen molar-refractivity contribution in [1.29, 1.82) is 0 Å². The highest BCUT2D eigenvalue weighted by molar-refractivity contribution is 9.10. The van der Waals surface area contributed by atoms with Gasteiger partial charge in [-0.15, -0.1) is 0 Å². The predicted octanol–water partition coefficient (Wildman–Crippen LogP) is 4.74. The van der Waals surface area contributed by atoms with Gasteiger partial charge < -0.3 is 4.74 Å². The Morgan fingerprint density at radius 1 is 1.33 bits per heavy atom. The number of benzene rings is 1. The number of halogens is 1. The summed E-state index contributed by atoms with van der Waals surface area (Å²) in [5, 5.41) is 0. The van der Waals surface area contributed by atoms with E-state index in [0.29, 0.717) is 17.9 Å². The molecule has 0 atom stereocenters. The van der Waals surface area contributed by atoms with Gasteiger partial charge in [-0.1, -0.05) is 34.1 Å². The molecule has 0 unspecified atom stereocenters. The van der Waals surface area contributed by atoms with Crippen LogP contribution in [0, 0.1) is 0 Å². The van der Waals surface area contributed by atoms with Gasteiger partial charge in [0.1, 0.15) is 5.75 Å². The smallest absolute Gasteiger partial charge is 0.153 e. The highest BCUT2D eigenvalue weighted by atomic mass is 79.9. The van der Waals surface area contributed by atoms with Crippen molar-refractivity contribution in [2.45, 2.75) is 46.0 Å². The molecule has 1 rings (SSSR count). The molecule has 0 fully saturated rings. The normalized spacial score (nSPS) is 11.4. The molecule has 1 aromatic rings. The number of rotatable bonds is 5. The SMILES string of the molecule is CCCCOc1c(Br)cc(C(C)(C)C)cc1C=O. The summed E-state index contributed by atoms with van der Waals surface area (Å²) in [4.78, 5) is 11.2. The van der Waals surface area contributed by atoms with E-state index in [1.54, 1.807) is 0 Å². The summed E-state index contributed by atoms with van der Waals surface area (Å²) < 4.78 is 6.54. The van der Waals surface area contributed by atoms with Crippen LogP contribution in [-0.2, 0) is 5.41 Å². The van der Waals surface area contributed by atoms with Crippen molar-refractivity contribution in [3.8, 4) is 5.75 Å². The van der Waals surface area contributed by atoms with Gasteiger partial charge in [0.2, 0.25) is 0 Å². The maximum atomic E-state index is 11.2. The van der Waals surface area contributed by atoms with Crippen LogP contribution in [0.3, 0.4) is 0 Å². The Morgan fingerprint density at radius 3 is 2.50 bits per heavy atom. The zero-order chi connectivity index (χ0) is 13.8. The van der Waals surface area contributed by atoms with E-state index in [1.807, 2.05) is 12.1 Å². The third kappa shape index (κ3) is 3.84. The largest absolute Gasteiger partial charge is 0.492 e. The van der Waals surface area contributed by atoms with E-state index in [4.69, 9.17) is 4.74 Å². The number of hydrogen-bond donors (Lipinski definition) is 0. The lowest BCUT2D eigenvalue weighted by Gasteiger charge is -2.21. The van der Waals surface area contributed by atoms with Crippen LogP contribution in [0.15, 0.2) is 16.6 Å². The van der Waals surface area contributed by atoms with Crippen molar-refractivity contribution in [3.63, 3.8) is 0 Å². The van der Waals surface area contributed by atoms with Crippen LogP contribution >= 0.6 is 15.9 Å². The van der Waals surface area contributed by atoms with Crippen molar-refractivity contribution in [2.75, 3.05) is 6.61 Å². The molecule has 0 bridgehead atoms. The molecule has 3 heteroatoms. The Morgan fingerprint density at radius 2 is 2.00 bits per heavy atom. The predicted molar refractivity (Wildman–Crippen MR) is 78.6 cm³/mol. The summed E-state index contributed by atoms with van der Waals surface area (Å²) >= 11 is 3.50. The number of carbonyl (C=O) groups excluding carboxylic acids is 1. The molecule has 0 heterocycles. The summed E-state index contributed by atoms with van der Waals surface area (Å²) in [6.07, 6.45) is 2.93. The average molecular weight is 313 g/mol. The number of unbranched alkanes of at least 4 members (excludes halogenated alkanes) is 1. The van der Waals surface area contributed by atoms with Gasteiger partial charge >= 0.3 is 0 Å². The molecule has 0 amide bonds. The molecular formula is C15H21BrO2. The average Bonchev–Trinajstić information content (AvgIpc) is 2.29. The summed E-state index contributed by atoms with van der Waals surface area (Å²) in [7, 11) is 0. The van der Waals surface area contributed by atoms with Crippen molar-refractivity contribution < 1.29 is 9.53 Å². The van der Waals surface area contributed by atoms with Gasteiger partial charge in [-0.2, -0.15) is 0 Å². The molecule has 0 aromatic heterocycles. The van der Waals surface area contributed by atoms with Gasteiger partial charge in [0.05, 0.1) is 16.6 Å². The minimum atomic E-state index is 0.0161. The lowest BCUT2D eigenvalue weighted by Crippen LogP contribution is -2.12. The maximum Gasteiger partial charge on any atom is 0.153 e. The second-order valence-electron chi connectivity index (χ2n) is 5.45. The molecule has 0 spiro atoms. The molecule has 0 aliphatic rings. The van der Waals surface area contributed by atoms with E-state index >= 15 is 0 Å². The molecule has 0 saturated heterocycles. The molecule has 18 heavy (non-hydrogen) atoms. The highest BCUT2D eigenvalue weighted by Crippen LogP contribution is 2.34. The molecular weight excluding hydrogens is 292 g/mol. The van der Waals surface area contributed by atoms with Crippen LogP contribution in [0.2, 0.25) is 0 Å². The summed E-state index contributed by atoms with van der Waals surface area (Å²) in [5.74, 6) is 0.659. The quantitative estimate of drug-likeness (QED) is 0.580. The Labute approximate surface area is 118 Å². The third-order valence-electron chi connectivity index (χ3n) is 2.81. The molecule has 0 radical (unpaired) electrons. The molecule has 2 nitrogen and oxygen atoms in total. The van der Waals surface area contributed by atoms with Crippen molar-refractivity contribution in [3.05, 3.63) is 27.7 Å². The highest BCUT2D eigenvalue weighted by Gasteiger charge is 2.18. The van der Waals surface area contributed by atoms with Gasteiger partial charge in [0, 0.05) is 0 Å². The zero-order valence-electron chi connectivity index (χ0n) is 11.5. The first-order valence-corrected chi connectivity index (χ1v) is 7.11. The Bertz CT molecular complexity index is 419. The fraction of sp³-hybridized carbons (Fsp3) is 0.533. The molecule has 100 valence electrons. The molecule has 1 aromatic carbocycles. The summed E-state index contributed by atoms with van der Waals surface area (Å²) in [6.45, 7) is 9.13. The molecule has 0 aliphatic carbocycles. The van der Waals surface area contributed by atoms with Gasteiger partial charge in [-0.3, -0.25) is 4.79 Å². The van der Waals surface area contributed by atoms with Crippen molar-refractivity contribution in [1.82, 2.24) is 0 Å². The first-order chi connectivity index (χ1) is 8.40. The minimum Gasteiger partial charge on any atom is -0.492 e. The first-order valence-electron chi connectivity index (χ1n) is 6.32. The van der Waals surface area contributed by atoms with Crippen LogP contribution in [0.25, 0.3) is 0 Å². The van der Waals surface area contributed by atoms with E-state index in [9.17, 15) is 4.79 Å². The second kappa shape index (κ2) is 6.37. The Balaban J connectivity index is 3.08. The third-order valence-corrected chi connectivity index (χ3v) is 3.40. The fourth-order valence-corrected chi connectivity index (χ4v) is 2.20. The topological polar surface area (TPSA) is 26.3 Å². The van der Waals surface area contributed by atoms with Crippen LogP contribution in [0.1, 0.15) is 56.5 Å². The van der Waals surface area contributed by atoms with Crippen molar-refractivity contribution in [2.24, 2.45) is 0 Å². The number of aldehydes is 1. The fourth-order valence-electron chi connectivity index (χ4n) is 1.61. The lowest BCUT2D eigenvalue weighted by atomic mass is 9.86. The molecule has 0 saturated carbocycles. The molecule has 0 aliphatic heterocycles. The number of hydrogen-bond acceptors (Lipinski definition) is 2.